The first-order chi connectivity index (χ1) is 9.16. The van der Waals surface area contributed by atoms with Gasteiger partial charge in [0.1, 0.15) is 0 Å². The SMILES string of the molecule is CC1CCCCC1N(C)c1nc2c(s1)CCCC2O. The van der Waals surface area contributed by atoms with Crippen LogP contribution in [0.25, 0.3) is 0 Å². The molecule has 1 heterocycles. The van der Waals surface area contributed by atoms with Gasteiger partial charge in [0, 0.05) is 18.0 Å². The summed E-state index contributed by atoms with van der Waals surface area (Å²) in [5, 5.41) is 11.2. The number of fused-ring (bicyclic) bond motifs is 1. The molecule has 1 saturated carbocycles. The lowest BCUT2D eigenvalue weighted by molar-refractivity contribution is 0.153. The Kier molecular flexibility index (Phi) is 3.81. The molecule has 0 radical (unpaired) electrons. The summed E-state index contributed by atoms with van der Waals surface area (Å²) in [6.07, 6.45) is 8.07. The number of aliphatic hydroxyl groups excluding tert-OH is 1. The number of thiazole rings is 1. The molecule has 3 nitrogen and oxygen atoms in total. The van der Waals surface area contributed by atoms with Crippen molar-refractivity contribution in [2.45, 2.75) is 64.0 Å². The van der Waals surface area contributed by atoms with Gasteiger partial charge in [-0.3, -0.25) is 0 Å². The van der Waals surface area contributed by atoms with Gasteiger partial charge in [-0.1, -0.05) is 19.8 Å². The summed E-state index contributed by atoms with van der Waals surface area (Å²) in [5.41, 5.74) is 0.960. The third-order valence-electron chi connectivity index (χ3n) is 4.78. The van der Waals surface area contributed by atoms with Crippen LogP contribution < -0.4 is 4.90 Å². The van der Waals surface area contributed by atoms with Gasteiger partial charge in [0.2, 0.25) is 0 Å². The fraction of sp³-hybridized carbons (Fsp3) is 0.800. The van der Waals surface area contributed by atoms with Gasteiger partial charge in [-0.05, 0) is 38.0 Å². The zero-order valence-electron chi connectivity index (χ0n) is 11.9. The number of aliphatic hydroxyl groups is 1. The molecule has 1 aromatic rings. The lowest BCUT2D eigenvalue weighted by Gasteiger charge is -2.36. The number of hydrogen-bond acceptors (Lipinski definition) is 4. The van der Waals surface area contributed by atoms with Crippen molar-refractivity contribution in [3.05, 3.63) is 10.6 Å². The second-order valence-electron chi connectivity index (χ2n) is 6.15. The van der Waals surface area contributed by atoms with Crippen LogP contribution >= 0.6 is 11.3 Å². The third-order valence-corrected chi connectivity index (χ3v) is 6.00. The van der Waals surface area contributed by atoms with E-state index in [0.29, 0.717) is 6.04 Å². The fourth-order valence-corrected chi connectivity index (χ4v) is 4.72. The summed E-state index contributed by atoms with van der Waals surface area (Å²) < 4.78 is 0. The van der Waals surface area contributed by atoms with Crippen molar-refractivity contribution in [3.63, 3.8) is 0 Å². The van der Waals surface area contributed by atoms with Crippen molar-refractivity contribution in [1.82, 2.24) is 4.98 Å². The molecule has 2 aliphatic rings. The molecule has 1 aromatic heterocycles. The maximum absolute atomic E-state index is 10.0. The Morgan fingerprint density at radius 1 is 1.21 bits per heavy atom. The molecule has 3 rings (SSSR count). The molecule has 0 aliphatic heterocycles. The maximum Gasteiger partial charge on any atom is 0.185 e. The second-order valence-corrected chi connectivity index (χ2v) is 7.21. The molecule has 0 bridgehead atoms. The van der Waals surface area contributed by atoms with Crippen LogP contribution in [0.5, 0.6) is 0 Å². The van der Waals surface area contributed by atoms with Gasteiger partial charge in [-0.15, -0.1) is 11.3 Å². The van der Waals surface area contributed by atoms with E-state index in [0.717, 1.165) is 36.0 Å². The van der Waals surface area contributed by atoms with E-state index in [4.69, 9.17) is 4.98 Å². The van der Waals surface area contributed by atoms with Crippen molar-refractivity contribution in [2.75, 3.05) is 11.9 Å². The summed E-state index contributed by atoms with van der Waals surface area (Å²) >= 11 is 1.80. The van der Waals surface area contributed by atoms with E-state index < -0.39 is 0 Å². The molecule has 2 aliphatic carbocycles. The van der Waals surface area contributed by atoms with Crippen molar-refractivity contribution in [3.8, 4) is 0 Å². The van der Waals surface area contributed by atoms with Gasteiger partial charge in [0.25, 0.3) is 0 Å². The van der Waals surface area contributed by atoms with Crippen LogP contribution in [0.3, 0.4) is 0 Å². The first-order valence-corrected chi connectivity index (χ1v) is 8.39. The zero-order chi connectivity index (χ0) is 13.4. The second kappa shape index (κ2) is 5.41. The zero-order valence-corrected chi connectivity index (χ0v) is 12.7. The van der Waals surface area contributed by atoms with Crippen molar-refractivity contribution >= 4 is 16.5 Å². The largest absolute Gasteiger partial charge is 0.387 e. The highest BCUT2D eigenvalue weighted by Crippen LogP contribution is 2.38. The van der Waals surface area contributed by atoms with E-state index in [9.17, 15) is 5.11 Å². The molecule has 0 spiro atoms. The quantitative estimate of drug-likeness (QED) is 0.900. The van der Waals surface area contributed by atoms with E-state index >= 15 is 0 Å². The van der Waals surface area contributed by atoms with Crippen LogP contribution in [-0.4, -0.2) is 23.2 Å². The molecule has 4 heteroatoms. The lowest BCUT2D eigenvalue weighted by Crippen LogP contribution is -2.38. The van der Waals surface area contributed by atoms with Crippen LogP contribution in [-0.2, 0) is 6.42 Å². The Morgan fingerprint density at radius 2 is 2.00 bits per heavy atom. The van der Waals surface area contributed by atoms with Gasteiger partial charge >= 0.3 is 0 Å². The first kappa shape index (κ1) is 13.4. The van der Waals surface area contributed by atoms with E-state index in [1.807, 2.05) is 0 Å². The number of hydrogen-bond donors (Lipinski definition) is 1. The van der Waals surface area contributed by atoms with Crippen LogP contribution in [0.1, 0.15) is 62.1 Å². The van der Waals surface area contributed by atoms with E-state index in [2.05, 4.69) is 18.9 Å². The molecule has 0 amide bonds. The fourth-order valence-electron chi connectivity index (χ4n) is 3.55. The maximum atomic E-state index is 10.0. The molecule has 3 unspecified atom stereocenters. The Morgan fingerprint density at radius 3 is 2.74 bits per heavy atom. The molecular weight excluding hydrogens is 256 g/mol. The van der Waals surface area contributed by atoms with Crippen LogP contribution in [0.4, 0.5) is 5.13 Å². The van der Waals surface area contributed by atoms with E-state index in [1.54, 1.807) is 11.3 Å². The summed E-state index contributed by atoms with van der Waals surface area (Å²) in [6, 6.07) is 0.624. The predicted molar refractivity (Wildman–Crippen MR) is 79.8 cm³/mol. The molecule has 19 heavy (non-hydrogen) atoms. The van der Waals surface area contributed by atoms with Crippen molar-refractivity contribution < 1.29 is 5.11 Å². The summed E-state index contributed by atoms with van der Waals surface area (Å²) in [7, 11) is 2.18. The highest BCUT2D eigenvalue weighted by atomic mass is 32.1. The molecular formula is C15H24N2OS. The first-order valence-electron chi connectivity index (χ1n) is 7.57. The summed E-state index contributed by atoms with van der Waals surface area (Å²) in [5.74, 6) is 0.754. The van der Waals surface area contributed by atoms with Crippen molar-refractivity contribution in [1.29, 1.82) is 0 Å². The number of rotatable bonds is 2. The summed E-state index contributed by atoms with van der Waals surface area (Å²) in [4.78, 5) is 8.42. The minimum absolute atomic E-state index is 0.328. The Labute approximate surface area is 119 Å². The average Bonchev–Trinajstić information content (AvgIpc) is 2.84. The molecule has 1 fully saturated rings. The van der Waals surface area contributed by atoms with Gasteiger partial charge in [0.05, 0.1) is 11.8 Å². The normalized spacial score (nSPS) is 31.0. The van der Waals surface area contributed by atoms with Crippen LogP contribution in [0.2, 0.25) is 0 Å². The minimum atomic E-state index is -0.328. The van der Waals surface area contributed by atoms with Gasteiger partial charge < -0.3 is 10.0 Å². The molecule has 0 saturated heterocycles. The predicted octanol–water partition coefficient (Wildman–Crippen LogP) is 3.53. The molecule has 0 aromatic carbocycles. The Hall–Kier alpha value is -0.610. The number of aryl methyl sites for hydroxylation is 1. The van der Waals surface area contributed by atoms with Crippen LogP contribution in [0.15, 0.2) is 0 Å². The average molecular weight is 280 g/mol. The number of anilines is 1. The molecule has 3 atom stereocenters. The van der Waals surface area contributed by atoms with E-state index in [1.165, 1.54) is 30.6 Å². The monoisotopic (exact) mass is 280 g/mol. The third kappa shape index (κ3) is 2.52. The van der Waals surface area contributed by atoms with Gasteiger partial charge in [-0.2, -0.15) is 0 Å². The standard InChI is InChI=1S/C15H24N2OS/c1-10-6-3-4-7-11(10)17(2)15-16-14-12(18)8-5-9-13(14)19-15/h10-12,18H,3-9H2,1-2H3. The van der Waals surface area contributed by atoms with Gasteiger partial charge in [-0.25, -0.2) is 4.98 Å². The lowest BCUT2D eigenvalue weighted by atomic mass is 9.85. The van der Waals surface area contributed by atoms with Crippen LogP contribution in [0, 0.1) is 5.92 Å². The topological polar surface area (TPSA) is 36.4 Å². The Bertz CT molecular complexity index is 445. The minimum Gasteiger partial charge on any atom is -0.387 e. The summed E-state index contributed by atoms with van der Waals surface area (Å²) in [6.45, 7) is 2.36. The van der Waals surface area contributed by atoms with Gasteiger partial charge in [0.15, 0.2) is 5.13 Å². The number of nitrogens with zero attached hydrogens (tertiary/aromatic N) is 2. The smallest absolute Gasteiger partial charge is 0.185 e. The Balaban J connectivity index is 1.81. The molecule has 1 N–H and O–H groups in total. The van der Waals surface area contributed by atoms with Crippen molar-refractivity contribution in [2.24, 2.45) is 5.92 Å². The highest BCUT2D eigenvalue weighted by Gasteiger charge is 2.29. The molecule has 106 valence electrons. The highest BCUT2D eigenvalue weighted by molar-refractivity contribution is 7.15. The number of aromatic nitrogens is 1. The van der Waals surface area contributed by atoms with E-state index in [-0.39, 0.29) is 6.10 Å².